The second kappa shape index (κ2) is 9.33. The fourth-order valence-corrected chi connectivity index (χ4v) is 3.90. The van der Waals surface area contributed by atoms with Gasteiger partial charge >= 0.3 is 0 Å². The molecule has 0 fully saturated rings. The molecular weight excluding hydrogens is 374 g/mol. The molecular formula is C25H33N3O2. The summed E-state index contributed by atoms with van der Waals surface area (Å²) in [7, 11) is 3.55. The molecule has 0 aliphatic carbocycles. The topological polar surface area (TPSA) is 47.4 Å². The molecule has 0 aliphatic rings. The summed E-state index contributed by atoms with van der Waals surface area (Å²) in [4.78, 5) is 14.6. The van der Waals surface area contributed by atoms with Gasteiger partial charge in [0.2, 0.25) is 5.91 Å². The zero-order valence-corrected chi connectivity index (χ0v) is 19.0. The lowest BCUT2D eigenvalue weighted by atomic mass is 10.1. The van der Waals surface area contributed by atoms with Crippen molar-refractivity contribution in [1.29, 1.82) is 0 Å². The van der Waals surface area contributed by atoms with Crippen molar-refractivity contribution >= 4 is 16.7 Å². The van der Waals surface area contributed by atoms with Crippen molar-refractivity contribution in [1.82, 2.24) is 14.7 Å². The van der Waals surface area contributed by atoms with Crippen molar-refractivity contribution in [3.8, 4) is 5.75 Å². The molecule has 3 aromatic rings. The quantitative estimate of drug-likeness (QED) is 0.533. The lowest BCUT2D eigenvalue weighted by molar-refractivity contribution is -0.130. The van der Waals surface area contributed by atoms with Gasteiger partial charge in [-0.25, -0.2) is 0 Å². The number of amides is 1. The number of aromatic nitrogens is 2. The van der Waals surface area contributed by atoms with Crippen LogP contribution in [0.1, 0.15) is 42.8 Å². The summed E-state index contributed by atoms with van der Waals surface area (Å²) >= 11 is 0. The van der Waals surface area contributed by atoms with Gasteiger partial charge in [0.25, 0.3) is 0 Å². The van der Waals surface area contributed by atoms with Crippen LogP contribution in [0.25, 0.3) is 10.8 Å². The molecule has 1 amide bonds. The number of carbonyl (C=O) groups excluding carboxylic acids is 1. The molecule has 1 heterocycles. The van der Waals surface area contributed by atoms with Crippen LogP contribution in [0.4, 0.5) is 0 Å². The van der Waals surface area contributed by atoms with Crippen molar-refractivity contribution < 1.29 is 9.53 Å². The third kappa shape index (κ3) is 5.02. The van der Waals surface area contributed by atoms with Crippen LogP contribution >= 0.6 is 0 Å². The number of benzene rings is 2. The van der Waals surface area contributed by atoms with Crippen LogP contribution in [-0.4, -0.2) is 34.7 Å². The van der Waals surface area contributed by atoms with E-state index in [-0.39, 0.29) is 5.91 Å². The highest BCUT2D eigenvalue weighted by Crippen LogP contribution is 2.23. The maximum absolute atomic E-state index is 12.8. The van der Waals surface area contributed by atoms with Gasteiger partial charge in [-0.3, -0.25) is 9.48 Å². The molecule has 3 rings (SSSR count). The Morgan fingerprint density at radius 3 is 2.53 bits per heavy atom. The van der Waals surface area contributed by atoms with Gasteiger partial charge in [0.15, 0.2) is 0 Å². The molecule has 30 heavy (non-hydrogen) atoms. The van der Waals surface area contributed by atoms with Crippen molar-refractivity contribution in [2.45, 2.75) is 53.6 Å². The fraction of sp³-hybridized carbons (Fsp3) is 0.440. The number of nitrogens with zero attached hydrogens (tertiary/aromatic N) is 3. The van der Waals surface area contributed by atoms with Crippen LogP contribution < -0.4 is 4.74 Å². The standard InChI is InChI=1S/C25H33N3O2/c1-17(2)15-28-19(4)24(18(3)26-28)11-12-25(29)27(5)16-20-7-8-22-14-23(30-6)10-9-21(22)13-20/h7-10,13-14,17H,11-12,15-16H2,1-6H3. The fourth-order valence-electron chi connectivity index (χ4n) is 3.90. The summed E-state index contributed by atoms with van der Waals surface area (Å²) in [5.41, 5.74) is 4.55. The van der Waals surface area contributed by atoms with Gasteiger partial charge in [0, 0.05) is 32.3 Å². The molecule has 0 saturated carbocycles. The van der Waals surface area contributed by atoms with Crippen molar-refractivity contribution in [2.24, 2.45) is 5.92 Å². The van der Waals surface area contributed by atoms with E-state index in [1.807, 2.05) is 31.0 Å². The number of carbonyl (C=O) groups is 1. The second-order valence-corrected chi connectivity index (χ2v) is 8.52. The molecule has 0 unspecified atom stereocenters. The number of hydrogen-bond donors (Lipinski definition) is 0. The third-order valence-electron chi connectivity index (χ3n) is 5.62. The lowest BCUT2D eigenvalue weighted by Crippen LogP contribution is -2.26. The first-order chi connectivity index (χ1) is 14.3. The van der Waals surface area contributed by atoms with E-state index >= 15 is 0 Å². The SMILES string of the molecule is COc1ccc2cc(CN(C)C(=O)CCc3c(C)nn(CC(C)C)c3C)ccc2c1. The Bertz CT molecular complexity index is 1040. The van der Waals surface area contributed by atoms with Crippen LogP contribution in [-0.2, 0) is 24.3 Å². The highest BCUT2D eigenvalue weighted by Gasteiger charge is 2.16. The maximum Gasteiger partial charge on any atom is 0.222 e. The zero-order valence-electron chi connectivity index (χ0n) is 19.0. The van der Waals surface area contributed by atoms with E-state index in [1.165, 1.54) is 11.3 Å². The lowest BCUT2D eigenvalue weighted by Gasteiger charge is -2.18. The molecule has 1 aromatic heterocycles. The Labute approximate surface area is 179 Å². The normalized spacial score (nSPS) is 11.3. The molecule has 5 heteroatoms. The Morgan fingerprint density at radius 1 is 1.13 bits per heavy atom. The largest absolute Gasteiger partial charge is 0.497 e. The minimum atomic E-state index is 0.153. The molecule has 0 radical (unpaired) electrons. The summed E-state index contributed by atoms with van der Waals surface area (Å²) in [6, 6.07) is 12.4. The average Bonchev–Trinajstić information content (AvgIpc) is 2.97. The van der Waals surface area contributed by atoms with Crippen LogP contribution in [0.3, 0.4) is 0 Å². The Morgan fingerprint density at radius 2 is 1.83 bits per heavy atom. The van der Waals surface area contributed by atoms with E-state index in [0.717, 1.165) is 40.7 Å². The monoisotopic (exact) mass is 407 g/mol. The summed E-state index contributed by atoms with van der Waals surface area (Å²) in [6.45, 7) is 10.0. The van der Waals surface area contributed by atoms with Gasteiger partial charge in [-0.2, -0.15) is 5.10 Å². The highest BCUT2D eigenvalue weighted by atomic mass is 16.5. The summed E-state index contributed by atoms with van der Waals surface area (Å²) in [6.07, 6.45) is 1.23. The molecule has 0 spiro atoms. The summed E-state index contributed by atoms with van der Waals surface area (Å²) < 4.78 is 7.37. The van der Waals surface area contributed by atoms with E-state index in [1.54, 1.807) is 7.11 Å². The van der Waals surface area contributed by atoms with E-state index in [2.05, 4.69) is 54.8 Å². The van der Waals surface area contributed by atoms with Crippen LogP contribution in [0.2, 0.25) is 0 Å². The first-order valence-corrected chi connectivity index (χ1v) is 10.6. The third-order valence-corrected chi connectivity index (χ3v) is 5.62. The van der Waals surface area contributed by atoms with Gasteiger partial charge in [-0.15, -0.1) is 0 Å². The predicted molar refractivity (Wildman–Crippen MR) is 122 cm³/mol. The number of aryl methyl sites for hydroxylation is 1. The predicted octanol–water partition coefficient (Wildman–Crippen LogP) is 4.91. The minimum Gasteiger partial charge on any atom is -0.497 e. The van der Waals surface area contributed by atoms with Crippen LogP contribution in [0.5, 0.6) is 5.75 Å². The first kappa shape index (κ1) is 21.9. The maximum atomic E-state index is 12.8. The second-order valence-electron chi connectivity index (χ2n) is 8.52. The molecule has 160 valence electrons. The van der Waals surface area contributed by atoms with E-state index < -0.39 is 0 Å². The Kier molecular flexibility index (Phi) is 6.80. The molecule has 0 bridgehead atoms. The Hall–Kier alpha value is -2.82. The van der Waals surface area contributed by atoms with Crippen LogP contribution in [0.15, 0.2) is 36.4 Å². The van der Waals surface area contributed by atoms with Gasteiger partial charge in [-0.05, 0) is 66.3 Å². The van der Waals surface area contributed by atoms with Crippen LogP contribution in [0, 0.1) is 19.8 Å². The molecule has 2 aromatic carbocycles. The minimum absolute atomic E-state index is 0.153. The number of ether oxygens (including phenoxy) is 1. The number of hydrogen-bond acceptors (Lipinski definition) is 3. The van der Waals surface area contributed by atoms with Gasteiger partial charge in [-0.1, -0.05) is 32.0 Å². The highest BCUT2D eigenvalue weighted by molar-refractivity contribution is 5.84. The number of rotatable bonds is 8. The van der Waals surface area contributed by atoms with E-state index in [9.17, 15) is 4.79 Å². The average molecular weight is 408 g/mol. The van der Waals surface area contributed by atoms with Gasteiger partial charge in [0.05, 0.1) is 12.8 Å². The van der Waals surface area contributed by atoms with Gasteiger partial charge in [0.1, 0.15) is 5.75 Å². The number of fused-ring (bicyclic) bond motifs is 1. The molecule has 0 saturated heterocycles. The van der Waals surface area contributed by atoms with Crippen molar-refractivity contribution in [2.75, 3.05) is 14.2 Å². The molecule has 0 N–H and O–H groups in total. The van der Waals surface area contributed by atoms with Gasteiger partial charge < -0.3 is 9.64 Å². The molecule has 0 atom stereocenters. The zero-order chi connectivity index (χ0) is 21.8. The Balaban J connectivity index is 1.62. The molecule has 0 aliphatic heterocycles. The smallest absolute Gasteiger partial charge is 0.222 e. The van der Waals surface area contributed by atoms with E-state index in [4.69, 9.17) is 4.74 Å². The summed E-state index contributed by atoms with van der Waals surface area (Å²) in [5.74, 6) is 1.55. The van der Waals surface area contributed by atoms with Crippen molar-refractivity contribution in [3.05, 3.63) is 58.9 Å². The van der Waals surface area contributed by atoms with E-state index in [0.29, 0.717) is 18.9 Å². The van der Waals surface area contributed by atoms with Crippen molar-refractivity contribution in [3.63, 3.8) is 0 Å². The summed E-state index contributed by atoms with van der Waals surface area (Å²) in [5, 5.41) is 6.95. The number of methoxy groups -OCH3 is 1. The first-order valence-electron chi connectivity index (χ1n) is 10.6. The molecule has 5 nitrogen and oxygen atoms in total.